The van der Waals surface area contributed by atoms with Crippen LogP contribution in [0.25, 0.3) is 0 Å². The normalized spacial score (nSPS) is 43.4. The van der Waals surface area contributed by atoms with Gasteiger partial charge in [0.25, 0.3) is 0 Å². The van der Waals surface area contributed by atoms with Gasteiger partial charge >= 0.3 is 5.97 Å². The topological polar surface area (TPSA) is 143 Å². The summed E-state index contributed by atoms with van der Waals surface area (Å²) >= 11 is 0. The number of cyclic esters (lactones) is 1. The highest BCUT2D eigenvalue weighted by atomic mass is 16.7. The lowest BCUT2D eigenvalue weighted by atomic mass is 9.62. The number of ketones is 1. The van der Waals surface area contributed by atoms with E-state index in [1.807, 2.05) is 39.0 Å². The van der Waals surface area contributed by atoms with E-state index in [0.717, 1.165) is 24.8 Å². The summed E-state index contributed by atoms with van der Waals surface area (Å²) in [6, 6.07) is 10.2. The van der Waals surface area contributed by atoms with Gasteiger partial charge in [-0.15, -0.1) is 0 Å². The number of hydrogen-bond acceptors (Lipinski definition) is 13. The third-order valence-electron chi connectivity index (χ3n) is 15.3. The van der Waals surface area contributed by atoms with Gasteiger partial charge in [-0.05, 0) is 108 Å². The minimum atomic E-state index is -0.843. The molecular weight excluding hydrogens is 781 g/mol. The predicted molar refractivity (Wildman–Crippen MR) is 228 cm³/mol. The van der Waals surface area contributed by atoms with Gasteiger partial charge in [-0.2, -0.15) is 0 Å². The van der Waals surface area contributed by atoms with Crippen LogP contribution in [0.3, 0.4) is 0 Å². The van der Waals surface area contributed by atoms with Crippen molar-refractivity contribution in [3.05, 3.63) is 47.5 Å². The van der Waals surface area contributed by atoms with Gasteiger partial charge in [0.15, 0.2) is 18.4 Å². The number of rotatable bonds is 12. The highest BCUT2D eigenvalue weighted by molar-refractivity contribution is 5.99. The van der Waals surface area contributed by atoms with Crippen LogP contribution in [0.1, 0.15) is 91.0 Å². The number of methoxy groups -OCH3 is 3. The average molecular weight is 855 g/mol. The zero-order valence-corrected chi connectivity index (χ0v) is 38.0. The van der Waals surface area contributed by atoms with E-state index in [1.165, 1.54) is 0 Å². The molecule has 3 unspecified atom stereocenters. The number of nitrogens with zero attached hydrogens (tertiary/aromatic N) is 1. The van der Waals surface area contributed by atoms with Crippen molar-refractivity contribution in [2.45, 2.75) is 172 Å². The Balaban J connectivity index is 1.19. The molecule has 0 amide bonds. The van der Waals surface area contributed by atoms with E-state index in [4.69, 9.17) is 37.9 Å². The van der Waals surface area contributed by atoms with E-state index in [1.54, 1.807) is 21.3 Å². The first-order chi connectivity index (χ1) is 29.4. The molecule has 0 radical (unpaired) electrons. The van der Waals surface area contributed by atoms with Crippen LogP contribution < -0.4 is 5.32 Å². The second kappa shape index (κ2) is 20.7. The molecule has 61 heavy (non-hydrogen) atoms. The summed E-state index contributed by atoms with van der Waals surface area (Å²) in [5.41, 5.74) is 1.73. The van der Waals surface area contributed by atoms with Gasteiger partial charge in [0.1, 0.15) is 24.4 Å². The molecule has 1 aromatic rings. The summed E-state index contributed by atoms with van der Waals surface area (Å²) in [5, 5.41) is 16.5. The Labute approximate surface area is 363 Å². The fraction of sp³-hybridized carbons (Fsp3) is 0.792. The smallest absolute Gasteiger partial charge is 0.306 e. The number of carbonyl (C=O) groups excluding carboxylic acids is 2. The lowest BCUT2D eigenvalue weighted by Gasteiger charge is -2.47. The Morgan fingerprint density at radius 2 is 1.57 bits per heavy atom. The monoisotopic (exact) mass is 855 g/mol. The fourth-order valence-electron chi connectivity index (χ4n) is 12.1. The number of allylic oxidation sites excluding steroid dienone is 2. The van der Waals surface area contributed by atoms with Gasteiger partial charge in [-0.3, -0.25) is 9.59 Å². The van der Waals surface area contributed by atoms with Crippen molar-refractivity contribution in [3.8, 4) is 0 Å². The van der Waals surface area contributed by atoms with Crippen molar-refractivity contribution in [3.63, 3.8) is 0 Å². The molecule has 19 atom stereocenters. The lowest BCUT2D eigenvalue weighted by molar-refractivity contribution is -0.314. The number of carbonyl (C=O) groups is 2. The number of aliphatic hydroxyl groups is 1. The molecule has 3 saturated heterocycles. The van der Waals surface area contributed by atoms with Crippen LogP contribution in [0.15, 0.2) is 42.0 Å². The van der Waals surface area contributed by atoms with Crippen molar-refractivity contribution in [1.82, 2.24) is 10.2 Å². The van der Waals surface area contributed by atoms with Crippen molar-refractivity contribution in [2.24, 2.45) is 35.5 Å². The zero-order valence-electron chi connectivity index (χ0n) is 38.0. The van der Waals surface area contributed by atoms with Crippen LogP contribution in [0.5, 0.6) is 0 Å². The largest absolute Gasteiger partial charge is 0.462 e. The lowest BCUT2D eigenvalue weighted by Crippen LogP contribution is -2.59. The number of benzene rings is 1. The van der Waals surface area contributed by atoms with E-state index < -0.39 is 42.7 Å². The van der Waals surface area contributed by atoms with Crippen LogP contribution in [0.4, 0.5) is 0 Å². The van der Waals surface area contributed by atoms with E-state index in [2.05, 4.69) is 49.4 Å². The SMILES string of the molecule is CC[C@H]1CCC[C@H](O[C@H]2CC[C@H](N(C)C)C(C)O2)[C@@H](C)C(=O)C2=C[C@H]3[C@@H]4C[C@H](O[C@@H]5OC(C)[C@H](OC)C(OC)[C@@H]5OC)C[C@H]4[C@H](NCc4ccccc4)[C@@H](O)[C@H]3[C@@H]2CC(=O)O1. The first-order valence-corrected chi connectivity index (χ1v) is 23.1. The maximum absolute atomic E-state index is 15.1. The molecule has 2 N–H and O–H groups in total. The van der Waals surface area contributed by atoms with Gasteiger partial charge in [-0.1, -0.05) is 50.3 Å². The number of likely N-dealkylation sites (N-methyl/N-ethyl adjacent to an activating group) is 1. The average Bonchev–Trinajstić information content (AvgIpc) is 3.83. The maximum atomic E-state index is 15.1. The number of ether oxygens (including phenoxy) is 8. The minimum Gasteiger partial charge on any atom is -0.462 e. The standard InChI is InChI=1S/C48H74N2O11/c1-10-30-17-14-18-38(61-40-20-19-37(50(5)6)27(3)57-40)26(2)43(52)36-23-33-32-21-31(60-48-47(56-9)46(55-8)45(54-7)28(4)58-48)22-35(32)42(49-25-29-15-12-11-13-16-29)44(53)41(33)34(36)24-39(51)59-30/h11-13,15-16,23,26-28,30-35,37-38,40-42,44-49,53H,10,14,17-22,24-25H2,1-9H3/t26-,27?,28?,30+,31+,32+,33+,34-,35-,37+,38+,40+,41-,42+,44+,45+,46?,47+,48+/m1/s1. The summed E-state index contributed by atoms with van der Waals surface area (Å²) in [4.78, 5) is 31.2. The molecule has 0 bridgehead atoms. The Morgan fingerprint density at radius 3 is 2.25 bits per heavy atom. The number of fused-ring (bicyclic) bond motifs is 5. The molecule has 7 rings (SSSR count). The van der Waals surface area contributed by atoms with Gasteiger partial charge in [0, 0.05) is 57.7 Å². The second-order valence-corrected chi connectivity index (χ2v) is 19.0. The first kappa shape index (κ1) is 46.7. The van der Waals surface area contributed by atoms with Crippen molar-refractivity contribution in [1.29, 1.82) is 0 Å². The third-order valence-corrected chi connectivity index (χ3v) is 15.3. The number of Topliss-reactive ketones (excluding diaryl/α,β-unsaturated/α-hetero) is 1. The summed E-state index contributed by atoms with van der Waals surface area (Å²) in [6.45, 7) is 8.64. The number of esters is 1. The van der Waals surface area contributed by atoms with Crippen molar-refractivity contribution >= 4 is 11.8 Å². The van der Waals surface area contributed by atoms with Crippen molar-refractivity contribution in [2.75, 3.05) is 35.4 Å². The van der Waals surface area contributed by atoms with Gasteiger partial charge in [-0.25, -0.2) is 0 Å². The van der Waals surface area contributed by atoms with Crippen LogP contribution in [0, 0.1) is 35.5 Å². The molecule has 3 aliphatic heterocycles. The van der Waals surface area contributed by atoms with E-state index >= 15 is 4.79 Å². The number of hydrogen-bond donors (Lipinski definition) is 2. The molecular formula is C48H74N2O11. The molecule has 5 fully saturated rings. The molecule has 6 aliphatic rings. The second-order valence-electron chi connectivity index (χ2n) is 19.0. The number of aliphatic hydroxyl groups excluding tert-OH is 1. The van der Waals surface area contributed by atoms with Gasteiger partial charge in [0.05, 0.1) is 36.9 Å². The first-order valence-electron chi connectivity index (χ1n) is 23.1. The minimum absolute atomic E-state index is 0.00540. The Kier molecular flexibility index (Phi) is 15.8. The zero-order chi connectivity index (χ0) is 43.5. The molecule has 3 heterocycles. The molecule has 13 heteroatoms. The predicted octanol–water partition coefficient (Wildman–Crippen LogP) is 5.45. The summed E-state index contributed by atoms with van der Waals surface area (Å²) in [7, 11) is 9.09. The van der Waals surface area contributed by atoms with Crippen LogP contribution in [0.2, 0.25) is 0 Å². The van der Waals surface area contributed by atoms with Crippen LogP contribution in [-0.4, -0.2) is 137 Å². The molecule has 1 aromatic carbocycles. The number of nitrogens with one attached hydrogen (secondary N) is 1. The highest BCUT2D eigenvalue weighted by Gasteiger charge is 2.59. The van der Waals surface area contributed by atoms with E-state index in [-0.39, 0.29) is 84.5 Å². The molecule has 0 spiro atoms. The summed E-state index contributed by atoms with van der Waals surface area (Å²) < 4.78 is 50.3. The van der Waals surface area contributed by atoms with Crippen LogP contribution >= 0.6 is 0 Å². The van der Waals surface area contributed by atoms with Crippen molar-refractivity contribution < 1.29 is 52.6 Å². The Bertz CT molecular complexity index is 1630. The van der Waals surface area contributed by atoms with Gasteiger partial charge < -0.3 is 53.2 Å². The van der Waals surface area contributed by atoms with E-state index in [0.29, 0.717) is 50.3 Å². The van der Waals surface area contributed by atoms with Gasteiger partial charge in [0.2, 0.25) is 0 Å². The Morgan fingerprint density at radius 1 is 0.852 bits per heavy atom. The molecule has 3 aliphatic carbocycles. The molecule has 2 saturated carbocycles. The van der Waals surface area contributed by atoms with E-state index in [9.17, 15) is 9.90 Å². The maximum Gasteiger partial charge on any atom is 0.306 e. The fourth-order valence-corrected chi connectivity index (χ4v) is 12.1. The van der Waals surface area contributed by atoms with Crippen LogP contribution in [-0.2, 0) is 54.0 Å². The Hall–Kier alpha value is -2.30. The molecule has 13 nitrogen and oxygen atoms in total. The molecule has 342 valence electrons. The highest BCUT2D eigenvalue weighted by Crippen LogP contribution is 2.57. The quantitative estimate of drug-likeness (QED) is 0.258. The molecule has 0 aromatic heterocycles. The summed E-state index contributed by atoms with van der Waals surface area (Å²) in [6.07, 6.45) is 3.70. The third kappa shape index (κ3) is 10.0. The summed E-state index contributed by atoms with van der Waals surface area (Å²) in [5.74, 6) is -1.77.